The van der Waals surface area contributed by atoms with E-state index in [4.69, 9.17) is 12.2 Å². The van der Waals surface area contributed by atoms with Crippen LogP contribution in [0.1, 0.15) is 5.69 Å². The number of para-hydroxylation sites is 1. The number of aryl methyl sites for hydroxylation is 2. The number of H-pyrrole nitrogens is 1. The Balaban J connectivity index is 2.31. The summed E-state index contributed by atoms with van der Waals surface area (Å²) in [6.07, 6.45) is 0. The number of fused-ring (bicyclic) bond motifs is 1. The summed E-state index contributed by atoms with van der Waals surface area (Å²) in [7, 11) is 1.80. The van der Waals surface area contributed by atoms with E-state index < -0.39 is 5.76 Å². The molecule has 110 valence electrons. The molecule has 0 unspecified atom stereocenters. The van der Waals surface area contributed by atoms with Crippen LogP contribution >= 0.6 is 24.0 Å². The van der Waals surface area contributed by atoms with Crippen molar-refractivity contribution in [3.8, 4) is 5.69 Å². The van der Waals surface area contributed by atoms with Gasteiger partial charge in [0.15, 0.2) is 10.4 Å². The zero-order valence-corrected chi connectivity index (χ0v) is 12.9. The van der Waals surface area contributed by atoms with Crippen LogP contribution in [0, 0.1) is 11.7 Å². The van der Waals surface area contributed by atoms with Crippen LogP contribution in [0.4, 0.5) is 8.78 Å². The van der Waals surface area contributed by atoms with Gasteiger partial charge in [-0.25, -0.2) is 4.68 Å². The van der Waals surface area contributed by atoms with E-state index in [1.807, 2.05) is 6.92 Å². The molecule has 0 saturated carbocycles. The molecule has 4 nitrogen and oxygen atoms in total. The number of aromatic nitrogens is 4. The van der Waals surface area contributed by atoms with Crippen LogP contribution in [0.15, 0.2) is 29.2 Å². The van der Waals surface area contributed by atoms with E-state index in [0.29, 0.717) is 27.1 Å². The molecule has 1 aromatic carbocycles. The van der Waals surface area contributed by atoms with Gasteiger partial charge in [0.05, 0.1) is 11.4 Å². The Morgan fingerprint density at radius 2 is 2.05 bits per heavy atom. The molecule has 0 aliphatic heterocycles. The highest BCUT2D eigenvalue weighted by Crippen LogP contribution is 2.32. The lowest BCUT2D eigenvalue weighted by molar-refractivity contribution is 0.252. The summed E-state index contributed by atoms with van der Waals surface area (Å²) in [5.41, 5.74) is 3.03. The topological polar surface area (TPSA) is 38.5 Å². The van der Waals surface area contributed by atoms with Gasteiger partial charge in [-0.05, 0) is 31.3 Å². The number of hydrogen-bond acceptors (Lipinski definition) is 3. The second-order valence-electron chi connectivity index (χ2n) is 4.52. The van der Waals surface area contributed by atoms with Crippen LogP contribution in [-0.4, -0.2) is 25.1 Å². The van der Waals surface area contributed by atoms with E-state index in [-0.39, 0.29) is 0 Å². The van der Waals surface area contributed by atoms with E-state index >= 15 is 0 Å². The lowest BCUT2D eigenvalue weighted by atomic mass is 10.3. The lowest BCUT2D eigenvalue weighted by Gasteiger charge is -2.10. The maximum Gasteiger partial charge on any atom is 0.288 e. The third-order valence-corrected chi connectivity index (χ3v) is 4.22. The average molecular weight is 326 g/mol. The second kappa shape index (κ2) is 5.27. The van der Waals surface area contributed by atoms with Gasteiger partial charge in [-0.3, -0.25) is 4.57 Å². The van der Waals surface area contributed by atoms with Crippen molar-refractivity contribution in [2.24, 2.45) is 7.05 Å². The maximum atomic E-state index is 12.7. The minimum absolute atomic E-state index is 0.461. The molecule has 0 fully saturated rings. The van der Waals surface area contributed by atoms with Crippen molar-refractivity contribution < 1.29 is 8.78 Å². The molecule has 0 aliphatic carbocycles. The monoisotopic (exact) mass is 326 g/mol. The summed E-state index contributed by atoms with van der Waals surface area (Å²) in [5.74, 6) is -2.48. The molecule has 0 amide bonds. The summed E-state index contributed by atoms with van der Waals surface area (Å²) in [4.78, 5) is 3.57. The number of nitrogens with one attached hydrogen (secondary N) is 1. The van der Waals surface area contributed by atoms with Gasteiger partial charge in [-0.15, -0.1) is 0 Å². The molecule has 2 heterocycles. The van der Waals surface area contributed by atoms with Gasteiger partial charge < -0.3 is 4.98 Å². The fourth-order valence-electron chi connectivity index (χ4n) is 2.37. The van der Waals surface area contributed by atoms with Crippen molar-refractivity contribution in [3.05, 3.63) is 34.7 Å². The first kappa shape index (κ1) is 14.3. The third kappa shape index (κ3) is 2.38. The van der Waals surface area contributed by atoms with Gasteiger partial charge in [0.1, 0.15) is 5.52 Å². The Morgan fingerprint density at radius 1 is 1.33 bits per heavy atom. The van der Waals surface area contributed by atoms with Crippen molar-refractivity contribution in [2.45, 2.75) is 17.6 Å². The molecule has 3 aromatic rings. The quantitative estimate of drug-likeness (QED) is 0.583. The lowest BCUT2D eigenvalue weighted by Crippen LogP contribution is -2.02. The number of halogens is 2. The Labute approximate surface area is 128 Å². The molecule has 3 rings (SSSR count). The third-order valence-electron chi connectivity index (χ3n) is 3.16. The summed E-state index contributed by atoms with van der Waals surface area (Å²) in [6.45, 7) is 1.87. The van der Waals surface area contributed by atoms with E-state index in [1.54, 1.807) is 40.6 Å². The van der Waals surface area contributed by atoms with Gasteiger partial charge in [0.25, 0.3) is 5.76 Å². The average Bonchev–Trinajstić information content (AvgIpc) is 2.88. The highest BCUT2D eigenvalue weighted by atomic mass is 32.2. The molecular formula is C13H12F2N4S2. The zero-order valence-electron chi connectivity index (χ0n) is 11.3. The summed E-state index contributed by atoms with van der Waals surface area (Å²) in [5, 5.41) is 4.33. The van der Waals surface area contributed by atoms with E-state index in [0.717, 1.165) is 16.9 Å². The van der Waals surface area contributed by atoms with Crippen molar-refractivity contribution in [1.29, 1.82) is 0 Å². The van der Waals surface area contributed by atoms with Crippen LogP contribution in [-0.2, 0) is 7.05 Å². The van der Waals surface area contributed by atoms with Gasteiger partial charge in [-0.1, -0.05) is 23.9 Å². The number of rotatable bonds is 3. The molecular weight excluding hydrogens is 314 g/mol. The highest BCUT2D eigenvalue weighted by Gasteiger charge is 2.17. The second-order valence-corrected chi connectivity index (χ2v) is 5.94. The summed E-state index contributed by atoms with van der Waals surface area (Å²) >= 11 is 5.86. The zero-order chi connectivity index (χ0) is 15.1. The molecule has 1 N–H and O–H groups in total. The minimum Gasteiger partial charge on any atom is -0.327 e. The number of imidazole rings is 1. The van der Waals surface area contributed by atoms with Crippen molar-refractivity contribution in [3.63, 3.8) is 0 Å². The van der Waals surface area contributed by atoms with Gasteiger partial charge >= 0.3 is 0 Å². The van der Waals surface area contributed by atoms with Crippen molar-refractivity contribution in [2.75, 3.05) is 0 Å². The Morgan fingerprint density at radius 3 is 2.76 bits per heavy atom. The van der Waals surface area contributed by atoms with Gasteiger partial charge in [0, 0.05) is 11.9 Å². The van der Waals surface area contributed by atoms with E-state index in [9.17, 15) is 8.78 Å². The molecule has 0 atom stereocenters. The van der Waals surface area contributed by atoms with Crippen LogP contribution in [0.3, 0.4) is 0 Å². The molecule has 8 heteroatoms. The number of thioether (sulfide) groups is 1. The number of aromatic amines is 1. The maximum absolute atomic E-state index is 12.7. The predicted molar refractivity (Wildman–Crippen MR) is 81.8 cm³/mol. The van der Waals surface area contributed by atoms with Crippen molar-refractivity contribution >= 4 is 35.1 Å². The van der Waals surface area contributed by atoms with E-state index in [2.05, 4.69) is 10.1 Å². The first-order chi connectivity index (χ1) is 9.99. The van der Waals surface area contributed by atoms with Gasteiger partial charge in [0.2, 0.25) is 0 Å². The van der Waals surface area contributed by atoms with Crippen LogP contribution in [0.25, 0.3) is 16.9 Å². The number of nitrogens with zero attached hydrogens (tertiary/aromatic N) is 3. The Bertz CT molecular complexity index is 863. The molecule has 0 spiro atoms. The molecule has 2 aromatic heterocycles. The first-order valence-corrected chi connectivity index (χ1v) is 7.46. The molecule has 0 aliphatic rings. The fraction of sp³-hybridized carbons (Fsp3) is 0.231. The molecule has 0 saturated heterocycles. The molecule has 21 heavy (non-hydrogen) atoms. The van der Waals surface area contributed by atoms with E-state index in [1.165, 1.54) is 0 Å². The van der Waals surface area contributed by atoms with Crippen LogP contribution in [0.5, 0.6) is 0 Å². The number of benzene rings is 1. The number of hydrogen-bond donors (Lipinski definition) is 1. The highest BCUT2D eigenvalue weighted by molar-refractivity contribution is 7.99. The summed E-state index contributed by atoms with van der Waals surface area (Å²) in [6, 6.07) is 6.97. The number of alkyl halides is 2. The van der Waals surface area contributed by atoms with Crippen molar-refractivity contribution in [1.82, 2.24) is 19.3 Å². The molecule has 0 bridgehead atoms. The standard InChI is InChI=1S/C13H12F2N4S2/c1-7-10-11(18(2)17-7)19(13(20)16-10)8-5-3-4-6-9(8)21-12(14)15/h3-6,12H,1-2H3,(H,16,20). The smallest absolute Gasteiger partial charge is 0.288 e. The summed E-state index contributed by atoms with van der Waals surface area (Å²) < 4.78 is 29.4. The minimum atomic E-state index is -2.48. The van der Waals surface area contributed by atoms with Crippen LogP contribution in [0.2, 0.25) is 0 Å². The van der Waals surface area contributed by atoms with Crippen LogP contribution < -0.4 is 0 Å². The predicted octanol–water partition coefficient (Wildman–Crippen LogP) is 4.04. The normalized spacial score (nSPS) is 11.7. The molecule has 0 radical (unpaired) electrons. The van der Waals surface area contributed by atoms with Gasteiger partial charge in [-0.2, -0.15) is 13.9 Å². The SMILES string of the molecule is Cc1nn(C)c2c1[nH]c(=S)n2-c1ccccc1SC(F)F. The Kier molecular flexibility index (Phi) is 3.58. The fourth-order valence-corrected chi connectivity index (χ4v) is 3.28. The first-order valence-electron chi connectivity index (χ1n) is 6.17. The largest absolute Gasteiger partial charge is 0.327 e. The Hall–Kier alpha value is -1.67.